The zero-order valence-corrected chi connectivity index (χ0v) is 13.7. The lowest BCUT2D eigenvalue weighted by molar-refractivity contribution is -0.0525. The van der Waals surface area contributed by atoms with Crippen molar-refractivity contribution in [2.24, 2.45) is 5.41 Å². The molecule has 1 aromatic rings. The summed E-state index contributed by atoms with van der Waals surface area (Å²) >= 11 is 0. The van der Waals surface area contributed by atoms with E-state index in [1.807, 2.05) is 20.8 Å². The summed E-state index contributed by atoms with van der Waals surface area (Å²) in [5.41, 5.74) is -0.476. The Morgan fingerprint density at radius 1 is 1.48 bits per heavy atom. The van der Waals surface area contributed by atoms with Gasteiger partial charge in [-0.3, -0.25) is 4.79 Å². The van der Waals surface area contributed by atoms with Crippen LogP contribution in [0.4, 0.5) is 4.79 Å². The van der Waals surface area contributed by atoms with E-state index in [1.54, 1.807) is 18.3 Å². The lowest BCUT2D eigenvalue weighted by Gasteiger charge is -2.50. The molecule has 2 atom stereocenters. The number of carboxylic acid groups (broad SMARTS) is 1. The van der Waals surface area contributed by atoms with Gasteiger partial charge in [0, 0.05) is 31.6 Å². The van der Waals surface area contributed by atoms with E-state index in [1.165, 1.54) is 4.90 Å². The first-order chi connectivity index (χ1) is 10.7. The minimum Gasteiger partial charge on any atom is -0.484 e. The maximum absolute atomic E-state index is 12.5. The zero-order valence-electron chi connectivity index (χ0n) is 13.7. The van der Waals surface area contributed by atoms with Crippen molar-refractivity contribution in [1.82, 2.24) is 9.88 Å². The Morgan fingerprint density at radius 2 is 2.22 bits per heavy atom. The molecule has 0 aromatic carbocycles. The van der Waals surface area contributed by atoms with Gasteiger partial charge in [0.2, 0.25) is 0 Å². The molecule has 1 fully saturated rings. The van der Waals surface area contributed by atoms with E-state index in [4.69, 9.17) is 4.74 Å². The molecule has 2 aliphatic heterocycles. The first-order valence-electron chi connectivity index (χ1n) is 7.89. The second kappa shape index (κ2) is 5.22. The van der Waals surface area contributed by atoms with Gasteiger partial charge in [-0.1, -0.05) is 20.8 Å². The van der Waals surface area contributed by atoms with Crippen LogP contribution in [0.3, 0.4) is 0 Å². The Hall–Kier alpha value is -2.11. The third kappa shape index (κ3) is 2.78. The smallest absolute Gasteiger partial charge is 0.407 e. The van der Waals surface area contributed by atoms with Gasteiger partial charge in [-0.2, -0.15) is 0 Å². The van der Waals surface area contributed by atoms with Crippen molar-refractivity contribution in [3.63, 3.8) is 0 Å². The van der Waals surface area contributed by atoms with E-state index in [2.05, 4.69) is 4.98 Å². The number of nitrogens with zero attached hydrogens (tertiary/aromatic N) is 2. The highest BCUT2D eigenvalue weighted by molar-refractivity contribution is 5.98. The van der Waals surface area contributed by atoms with Gasteiger partial charge >= 0.3 is 6.09 Å². The molecular formula is C17H22N2O4. The Balaban J connectivity index is 1.93. The van der Waals surface area contributed by atoms with Crippen LogP contribution in [0.1, 0.15) is 50.5 Å². The lowest BCUT2D eigenvalue weighted by atomic mass is 9.72. The van der Waals surface area contributed by atoms with Crippen LogP contribution >= 0.6 is 0 Å². The minimum atomic E-state index is -0.913. The van der Waals surface area contributed by atoms with E-state index < -0.39 is 11.7 Å². The van der Waals surface area contributed by atoms with Crippen LogP contribution in [0.5, 0.6) is 5.75 Å². The van der Waals surface area contributed by atoms with Crippen molar-refractivity contribution in [3.8, 4) is 5.75 Å². The van der Waals surface area contributed by atoms with E-state index in [-0.39, 0.29) is 23.7 Å². The van der Waals surface area contributed by atoms with Crippen LogP contribution in [0.2, 0.25) is 0 Å². The molecule has 1 aromatic heterocycles. The Bertz CT molecular complexity index is 652. The summed E-state index contributed by atoms with van der Waals surface area (Å²) in [5, 5.41) is 9.48. The fourth-order valence-electron chi connectivity index (χ4n) is 3.63. The summed E-state index contributed by atoms with van der Waals surface area (Å²) in [6, 6.07) is 3.31. The molecule has 0 radical (unpaired) electrons. The number of fused-ring (bicyclic) bond motifs is 1. The Kier molecular flexibility index (Phi) is 3.58. The van der Waals surface area contributed by atoms with Gasteiger partial charge in [-0.15, -0.1) is 0 Å². The molecule has 0 saturated carbocycles. The number of hydrogen-bond acceptors (Lipinski definition) is 4. The predicted octanol–water partition coefficient (Wildman–Crippen LogP) is 2.97. The van der Waals surface area contributed by atoms with Crippen LogP contribution in [-0.2, 0) is 0 Å². The van der Waals surface area contributed by atoms with E-state index >= 15 is 0 Å². The number of rotatable bonds is 0. The highest BCUT2D eigenvalue weighted by atomic mass is 16.5. The molecule has 3 rings (SSSR count). The second-order valence-electron chi connectivity index (χ2n) is 7.55. The van der Waals surface area contributed by atoms with E-state index in [0.29, 0.717) is 30.8 Å². The van der Waals surface area contributed by atoms with Crippen LogP contribution in [-0.4, -0.2) is 45.1 Å². The lowest BCUT2D eigenvalue weighted by Crippen LogP contribution is -2.60. The second-order valence-corrected chi connectivity index (χ2v) is 7.55. The molecule has 0 aliphatic carbocycles. The number of ether oxygens (including phenoxy) is 1. The molecule has 1 amide bonds. The van der Waals surface area contributed by atoms with Crippen molar-refractivity contribution in [2.45, 2.75) is 51.7 Å². The SMILES string of the molecule is CC(C)(C)C1CC2(CCN1C(=O)O)CC(=O)c1ncccc1O2. The first kappa shape index (κ1) is 15.8. The molecule has 124 valence electrons. The van der Waals surface area contributed by atoms with Crippen molar-refractivity contribution in [2.75, 3.05) is 6.54 Å². The molecule has 1 saturated heterocycles. The van der Waals surface area contributed by atoms with Gasteiger partial charge < -0.3 is 14.7 Å². The van der Waals surface area contributed by atoms with Gasteiger partial charge in [0.25, 0.3) is 0 Å². The van der Waals surface area contributed by atoms with Crippen molar-refractivity contribution in [1.29, 1.82) is 0 Å². The number of amides is 1. The summed E-state index contributed by atoms with van der Waals surface area (Å²) in [5.74, 6) is 0.489. The van der Waals surface area contributed by atoms with Crippen LogP contribution in [0, 0.1) is 5.41 Å². The van der Waals surface area contributed by atoms with Crippen molar-refractivity contribution < 1.29 is 19.4 Å². The van der Waals surface area contributed by atoms with Crippen molar-refractivity contribution in [3.05, 3.63) is 24.0 Å². The van der Waals surface area contributed by atoms with Gasteiger partial charge in [0.15, 0.2) is 5.78 Å². The molecule has 1 N–H and O–H groups in total. The summed E-state index contributed by atoms with van der Waals surface area (Å²) in [6.07, 6.45) is 1.97. The Labute approximate surface area is 135 Å². The van der Waals surface area contributed by atoms with Gasteiger partial charge in [-0.05, 0) is 17.5 Å². The number of ketones is 1. The molecule has 1 spiro atoms. The van der Waals surface area contributed by atoms with E-state index in [0.717, 1.165) is 0 Å². The number of Topliss-reactive ketones (excluding diaryl/α,β-unsaturated/α-hetero) is 1. The zero-order chi connectivity index (χ0) is 16.8. The molecule has 0 bridgehead atoms. The third-order valence-electron chi connectivity index (χ3n) is 4.84. The Morgan fingerprint density at radius 3 is 2.87 bits per heavy atom. The first-order valence-corrected chi connectivity index (χ1v) is 7.89. The van der Waals surface area contributed by atoms with Crippen LogP contribution in [0.25, 0.3) is 0 Å². The minimum absolute atomic E-state index is 0.0247. The topological polar surface area (TPSA) is 79.7 Å². The summed E-state index contributed by atoms with van der Waals surface area (Å²) in [4.78, 5) is 29.6. The van der Waals surface area contributed by atoms with Crippen LogP contribution < -0.4 is 4.74 Å². The number of hydrogen-bond donors (Lipinski definition) is 1. The average molecular weight is 318 g/mol. The molecular weight excluding hydrogens is 296 g/mol. The largest absolute Gasteiger partial charge is 0.484 e. The number of piperidine rings is 1. The van der Waals surface area contributed by atoms with Gasteiger partial charge in [-0.25, -0.2) is 9.78 Å². The maximum atomic E-state index is 12.5. The van der Waals surface area contributed by atoms with E-state index in [9.17, 15) is 14.7 Å². The molecule has 3 heterocycles. The maximum Gasteiger partial charge on any atom is 0.407 e. The highest BCUT2D eigenvalue weighted by Gasteiger charge is 2.50. The van der Waals surface area contributed by atoms with Crippen LogP contribution in [0.15, 0.2) is 18.3 Å². The standard InChI is InChI=1S/C17H22N2O4/c1-16(2,3)13-10-17(6-8-19(13)15(21)22)9-11(20)14-12(23-17)5-4-7-18-14/h4-5,7,13H,6,8-10H2,1-3H3,(H,21,22). The quantitative estimate of drug-likeness (QED) is 0.795. The average Bonchev–Trinajstić information content (AvgIpc) is 2.46. The molecule has 6 heteroatoms. The fraction of sp³-hybridized carbons (Fsp3) is 0.588. The van der Waals surface area contributed by atoms with Crippen molar-refractivity contribution >= 4 is 11.9 Å². The third-order valence-corrected chi connectivity index (χ3v) is 4.84. The normalized spacial score (nSPS) is 27.5. The number of carbonyl (C=O) groups excluding carboxylic acids is 1. The molecule has 23 heavy (non-hydrogen) atoms. The predicted molar refractivity (Wildman–Crippen MR) is 83.8 cm³/mol. The number of aromatic nitrogens is 1. The number of pyridine rings is 1. The monoisotopic (exact) mass is 318 g/mol. The molecule has 6 nitrogen and oxygen atoms in total. The highest BCUT2D eigenvalue weighted by Crippen LogP contribution is 2.44. The molecule has 2 unspecified atom stereocenters. The molecule has 2 aliphatic rings. The summed E-state index contributed by atoms with van der Waals surface area (Å²) < 4.78 is 6.18. The summed E-state index contributed by atoms with van der Waals surface area (Å²) in [7, 11) is 0. The number of carbonyl (C=O) groups is 2. The van der Waals surface area contributed by atoms with Gasteiger partial charge in [0.1, 0.15) is 17.0 Å². The fourth-order valence-corrected chi connectivity index (χ4v) is 3.63. The summed E-state index contributed by atoms with van der Waals surface area (Å²) in [6.45, 7) is 6.44. The number of likely N-dealkylation sites (tertiary alicyclic amines) is 1. The van der Waals surface area contributed by atoms with Gasteiger partial charge in [0.05, 0.1) is 6.42 Å².